The molecule has 2 N–H and O–H groups in total. The smallest absolute Gasteiger partial charge is 0.317 e. The van der Waals surface area contributed by atoms with Gasteiger partial charge in [0.2, 0.25) is 0 Å². The number of methoxy groups -OCH3 is 2. The van der Waals surface area contributed by atoms with Crippen LogP contribution in [0.1, 0.15) is 18.9 Å². The topological polar surface area (TPSA) is 88.1 Å². The third-order valence-corrected chi connectivity index (χ3v) is 4.18. The molecular formula is C17H24N2O5. The molecule has 1 aromatic carbocycles. The van der Waals surface area contributed by atoms with E-state index >= 15 is 0 Å². The average molecular weight is 336 g/mol. The summed E-state index contributed by atoms with van der Waals surface area (Å²) in [5, 5.41) is 11.9. The van der Waals surface area contributed by atoms with Gasteiger partial charge in [0, 0.05) is 19.1 Å². The number of amides is 2. The van der Waals surface area contributed by atoms with Crippen LogP contribution in [0.3, 0.4) is 0 Å². The van der Waals surface area contributed by atoms with Crippen LogP contribution in [-0.4, -0.2) is 55.4 Å². The number of hydrogen-bond donors (Lipinski definition) is 2. The molecule has 7 heteroatoms. The van der Waals surface area contributed by atoms with Crippen molar-refractivity contribution in [1.29, 1.82) is 0 Å². The van der Waals surface area contributed by atoms with Crippen LogP contribution in [-0.2, 0) is 11.2 Å². The number of carboxylic acids is 1. The highest BCUT2D eigenvalue weighted by molar-refractivity contribution is 5.77. The maximum absolute atomic E-state index is 12.2. The molecule has 132 valence electrons. The van der Waals surface area contributed by atoms with Gasteiger partial charge < -0.3 is 24.8 Å². The molecule has 1 heterocycles. The molecule has 1 fully saturated rings. The Kier molecular flexibility index (Phi) is 5.89. The molecule has 2 atom stereocenters. The number of urea groups is 1. The highest BCUT2D eigenvalue weighted by atomic mass is 16.5. The van der Waals surface area contributed by atoms with Gasteiger partial charge in [0.15, 0.2) is 11.5 Å². The zero-order valence-corrected chi connectivity index (χ0v) is 14.2. The minimum Gasteiger partial charge on any atom is -0.493 e. The summed E-state index contributed by atoms with van der Waals surface area (Å²) >= 11 is 0. The summed E-state index contributed by atoms with van der Waals surface area (Å²) in [6.07, 6.45) is 1.15. The lowest BCUT2D eigenvalue weighted by molar-refractivity contribution is -0.141. The highest BCUT2D eigenvalue weighted by Crippen LogP contribution is 2.28. The van der Waals surface area contributed by atoms with Crippen LogP contribution < -0.4 is 14.8 Å². The summed E-state index contributed by atoms with van der Waals surface area (Å²) < 4.78 is 10.5. The summed E-state index contributed by atoms with van der Waals surface area (Å²) in [5.74, 6) is 0.00710. The van der Waals surface area contributed by atoms with Gasteiger partial charge in [-0.1, -0.05) is 6.07 Å². The molecule has 1 aliphatic rings. The monoisotopic (exact) mass is 336 g/mol. The SMILES string of the molecule is COc1ccc(CC(C)NC(=O)N2CCC(C(=O)O)C2)cc1OC. The first kappa shape index (κ1) is 17.9. The lowest BCUT2D eigenvalue weighted by Crippen LogP contribution is -2.43. The van der Waals surface area contributed by atoms with E-state index in [1.54, 1.807) is 19.1 Å². The lowest BCUT2D eigenvalue weighted by atomic mass is 10.1. The van der Waals surface area contributed by atoms with Gasteiger partial charge in [-0.2, -0.15) is 0 Å². The number of benzene rings is 1. The maximum atomic E-state index is 12.2. The van der Waals surface area contributed by atoms with E-state index in [2.05, 4.69) is 5.32 Å². The van der Waals surface area contributed by atoms with Crippen LogP contribution in [0.5, 0.6) is 11.5 Å². The van der Waals surface area contributed by atoms with Crippen LogP contribution in [0.2, 0.25) is 0 Å². The Morgan fingerprint density at radius 2 is 2.04 bits per heavy atom. The number of carboxylic acid groups (broad SMARTS) is 1. The molecule has 0 aliphatic carbocycles. The zero-order chi connectivity index (χ0) is 17.7. The Morgan fingerprint density at radius 1 is 1.33 bits per heavy atom. The summed E-state index contributed by atoms with van der Waals surface area (Å²) in [6.45, 7) is 2.66. The number of carbonyl (C=O) groups excluding carboxylic acids is 1. The minimum absolute atomic E-state index is 0.0838. The van der Waals surface area contributed by atoms with E-state index in [0.717, 1.165) is 5.56 Å². The average Bonchev–Trinajstić information content (AvgIpc) is 3.05. The Morgan fingerprint density at radius 3 is 2.62 bits per heavy atom. The number of hydrogen-bond acceptors (Lipinski definition) is 4. The molecule has 1 aromatic rings. The van der Waals surface area contributed by atoms with Crippen molar-refractivity contribution >= 4 is 12.0 Å². The minimum atomic E-state index is -0.844. The van der Waals surface area contributed by atoms with Crippen molar-refractivity contribution in [3.63, 3.8) is 0 Å². The molecule has 0 radical (unpaired) electrons. The maximum Gasteiger partial charge on any atom is 0.317 e. The molecule has 2 rings (SSSR count). The van der Waals surface area contributed by atoms with Crippen LogP contribution in [0, 0.1) is 5.92 Å². The van der Waals surface area contributed by atoms with Gasteiger partial charge >= 0.3 is 12.0 Å². The van der Waals surface area contributed by atoms with Gasteiger partial charge in [0.25, 0.3) is 0 Å². The lowest BCUT2D eigenvalue weighted by Gasteiger charge is -2.21. The summed E-state index contributed by atoms with van der Waals surface area (Å²) in [5.41, 5.74) is 1.02. The van der Waals surface area contributed by atoms with Crippen molar-refractivity contribution in [2.75, 3.05) is 27.3 Å². The zero-order valence-electron chi connectivity index (χ0n) is 14.2. The predicted octanol–water partition coefficient (Wildman–Crippen LogP) is 1.75. The van der Waals surface area contributed by atoms with E-state index in [1.165, 1.54) is 0 Å². The normalized spacial score (nSPS) is 18.1. The second-order valence-corrected chi connectivity index (χ2v) is 6.01. The molecule has 0 saturated carbocycles. The molecule has 2 unspecified atom stereocenters. The summed E-state index contributed by atoms with van der Waals surface area (Å²) in [7, 11) is 3.17. The van der Waals surface area contributed by atoms with Gasteiger partial charge in [-0.15, -0.1) is 0 Å². The summed E-state index contributed by atoms with van der Waals surface area (Å²) in [4.78, 5) is 24.7. The molecular weight excluding hydrogens is 312 g/mol. The van der Waals surface area contributed by atoms with E-state index in [9.17, 15) is 9.59 Å². The van der Waals surface area contributed by atoms with Crippen molar-refractivity contribution in [3.8, 4) is 11.5 Å². The van der Waals surface area contributed by atoms with Crippen LogP contribution in [0.25, 0.3) is 0 Å². The fourth-order valence-electron chi connectivity index (χ4n) is 2.86. The molecule has 2 amide bonds. The van der Waals surface area contributed by atoms with E-state index in [4.69, 9.17) is 14.6 Å². The number of likely N-dealkylation sites (tertiary alicyclic amines) is 1. The molecule has 0 spiro atoms. The second kappa shape index (κ2) is 7.90. The Balaban J connectivity index is 1.90. The predicted molar refractivity (Wildman–Crippen MR) is 88.6 cm³/mol. The largest absolute Gasteiger partial charge is 0.493 e. The molecule has 0 aromatic heterocycles. The Bertz CT molecular complexity index is 605. The number of ether oxygens (including phenoxy) is 2. The fourth-order valence-corrected chi connectivity index (χ4v) is 2.86. The fraction of sp³-hybridized carbons (Fsp3) is 0.529. The molecule has 7 nitrogen and oxygen atoms in total. The van der Waals surface area contributed by atoms with Crippen molar-refractivity contribution < 1.29 is 24.2 Å². The van der Waals surface area contributed by atoms with Crippen LogP contribution >= 0.6 is 0 Å². The molecule has 0 bridgehead atoms. The third kappa shape index (κ3) is 4.31. The van der Waals surface area contributed by atoms with E-state index in [-0.39, 0.29) is 18.6 Å². The first-order chi connectivity index (χ1) is 11.4. The number of nitrogens with one attached hydrogen (secondary N) is 1. The van der Waals surface area contributed by atoms with Gasteiger partial charge in [-0.3, -0.25) is 4.79 Å². The van der Waals surface area contributed by atoms with Gasteiger partial charge in [0.05, 0.1) is 20.1 Å². The van der Waals surface area contributed by atoms with E-state index < -0.39 is 11.9 Å². The third-order valence-electron chi connectivity index (χ3n) is 4.18. The van der Waals surface area contributed by atoms with Gasteiger partial charge in [0.1, 0.15) is 0 Å². The van der Waals surface area contributed by atoms with E-state index in [1.807, 2.05) is 25.1 Å². The van der Waals surface area contributed by atoms with Crippen molar-refractivity contribution in [2.24, 2.45) is 5.92 Å². The van der Waals surface area contributed by atoms with Crippen LogP contribution in [0.15, 0.2) is 18.2 Å². The first-order valence-electron chi connectivity index (χ1n) is 7.93. The number of carbonyl (C=O) groups is 2. The summed E-state index contributed by atoms with van der Waals surface area (Å²) in [6, 6.07) is 5.35. The first-order valence-corrected chi connectivity index (χ1v) is 7.93. The molecule has 24 heavy (non-hydrogen) atoms. The molecule has 1 saturated heterocycles. The standard InChI is InChI=1S/C17H24N2O5/c1-11(8-12-4-5-14(23-2)15(9-12)24-3)18-17(22)19-7-6-13(10-19)16(20)21/h4-5,9,11,13H,6-8,10H2,1-3H3,(H,18,22)(H,20,21). The highest BCUT2D eigenvalue weighted by Gasteiger charge is 2.31. The second-order valence-electron chi connectivity index (χ2n) is 6.01. The van der Waals surface area contributed by atoms with Gasteiger partial charge in [-0.05, 0) is 37.5 Å². The van der Waals surface area contributed by atoms with E-state index in [0.29, 0.717) is 30.9 Å². The van der Waals surface area contributed by atoms with Crippen LogP contribution in [0.4, 0.5) is 4.79 Å². The van der Waals surface area contributed by atoms with Crippen molar-refractivity contribution in [2.45, 2.75) is 25.8 Å². The van der Waals surface area contributed by atoms with Crippen molar-refractivity contribution in [3.05, 3.63) is 23.8 Å². The Labute approximate surface area is 141 Å². The quantitative estimate of drug-likeness (QED) is 0.826. The number of rotatable bonds is 6. The molecule has 1 aliphatic heterocycles. The van der Waals surface area contributed by atoms with Crippen molar-refractivity contribution in [1.82, 2.24) is 10.2 Å². The Hall–Kier alpha value is -2.44. The van der Waals surface area contributed by atoms with Gasteiger partial charge in [-0.25, -0.2) is 4.79 Å². The number of aliphatic carboxylic acids is 1. The number of nitrogens with zero attached hydrogens (tertiary/aromatic N) is 1.